The van der Waals surface area contributed by atoms with E-state index in [-0.39, 0.29) is 0 Å². The van der Waals surface area contributed by atoms with Crippen LogP contribution < -0.4 is 10.1 Å². The molecule has 0 saturated heterocycles. The van der Waals surface area contributed by atoms with Crippen molar-refractivity contribution in [3.05, 3.63) is 28.8 Å². The number of hydrogen-bond donors (Lipinski definition) is 1. The molecule has 0 radical (unpaired) electrons. The molecule has 0 aromatic heterocycles. The number of nitriles is 1. The van der Waals surface area contributed by atoms with Gasteiger partial charge in [0.1, 0.15) is 17.9 Å². The molecule has 19 heavy (non-hydrogen) atoms. The van der Waals surface area contributed by atoms with Gasteiger partial charge < -0.3 is 4.74 Å². The van der Waals surface area contributed by atoms with Crippen LogP contribution in [0.2, 0.25) is 0 Å². The van der Waals surface area contributed by atoms with E-state index in [9.17, 15) is 5.26 Å². The molecular formula is C16H22N2O. The molecule has 1 aromatic rings. The standard InChI is InChI=1S/C16H22N2O/c1-11-7-12(2)15(13(3)8-11)19-10-16(9-17,18-4)14-5-6-14/h7-8,14,18H,5-6,10H2,1-4H3. The molecule has 102 valence electrons. The zero-order valence-corrected chi connectivity index (χ0v) is 12.2. The van der Waals surface area contributed by atoms with Crippen LogP contribution in [-0.4, -0.2) is 19.2 Å². The Morgan fingerprint density at radius 2 is 1.89 bits per heavy atom. The Bertz CT molecular complexity index is 491. The summed E-state index contributed by atoms with van der Waals surface area (Å²) in [7, 11) is 1.85. The molecule has 1 atom stereocenters. The minimum atomic E-state index is -0.538. The summed E-state index contributed by atoms with van der Waals surface area (Å²) in [6, 6.07) is 6.65. The Balaban J connectivity index is 2.16. The van der Waals surface area contributed by atoms with E-state index in [1.54, 1.807) is 0 Å². The lowest BCUT2D eigenvalue weighted by molar-refractivity contribution is 0.208. The van der Waals surface area contributed by atoms with Gasteiger partial charge in [-0.2, -0.15) is 5.26 Å². The zero-order valence-electron chi connectivity index (χ0n) is 12.2. The molecular weight excluding hydrogens is 236 g/mol. The van der Waals surface area contributed by atoms with E-state index in [0.717, 1.165) is 29.7 Å². The van der Waals surface area contributed by atoms with Crippen LogP contribution >= 0.6 is 0 Å². The minimum Gasteiger partial charge on any atom is -0.490 e. The van der Waals surface area contributed by atoms with Gasteiger partial charge in [0.15, 0.2) is 0 Å². The van der Waals surface area contributed by atoms with Crippen LogP contribution in [0.1, 0.15) is 29.5 Å². The van der Waals surface area contributed by atoms with Crippen molar-refractivity contribution in [1.29, 1.82) is 5.26 Å². The summed E-state index contributed by atoms with van der Waals surface area (Å²) < 4.78 is 5.99. The number of likely N-dealkylation sites (N-methyl/N-ethyl adjacent to an activating group) is 1. The van der Waals surface area contributed by atoms with Crippen molar-refractivity contribution in [2.75, 3.05) is 13.7 Å². The molecule has 1 aliphatic carbocycles. The molecule has 0 spiro atoms. The van der Waals surface area contributed by atoms with Gasteiger partial charge in [0.25, 0.3) is 0 Å². The lowest BCUT2D eigenvalue weighted by Crippen LogP contribution is -2.49. The third-order valence-corrected chi connectivity index (χ3v) is 3.97. The van der Waals surface area contributed by atoms with Crippen molar-refractivity contribution < 1.29 is 4.74 Å². The van der Waals surface area contributed by atoms with Crippen molar-refractivity contribution >= 4 is 0 Å². The second-order valence-corrected chi connectivity index (χ2v) is 5.62. The quantitative estimate of drug-likeness (QED) is 0.883. The molecule has 0 heterocycles. The van der Waals surface area contributed by atoms with Crippen molar-refractivity contribution in [3.8, 4) is 11.8 Å². The first-order chi connectivity index (χ1) is 9.02. The summed E-state index contributed by atoms with van der Waals surface area (Å²) in [5.74, 6) is 1.34. The number of nitrogens with one attached hydrogen (secondary N) is 1. The van der Waals surface area contributed by atoms with E-state index in [1.165, 1.54) is 5.56 Å². The maximum atomic E-state index is 9.46. The van der Waals surface area contributed by atoms with Gasteiger partial charge in [-0.05, 0) is 57.7 Å². The number of hydrogen-bond acceptors (Lipinski definition) is 3. The monoisotopic (exact) mass is 258 g/mol. The van der Waals surface area contributed by atoms with Gasteiger partial charge in [-0.25, -0.2) is 0 Å². The molecule has 0 aliphatic heterocycles. The fraction of sp³-hybridized carbons (Fsp3) is 0.562. The predicted octanol–water partition coefficient (Wildman–Crippen LogP) is 2.88. The number of rotatable bonds is 5. The summed E-state index contributed by atoms with van der Waals surface area (Å²) >= 11 is 0. The Kier molecular flexibility index (Phi) is 3.82. The number of benzene rings is 1. The van der Waals surface area contributed by atoms with Crippen LogP contribution in [0.15, 0.2) is 12.1 Å². The lowest BCUT2D eigenvalue weighted by Gasteiger charge is -2.27. The molecule has 1 saturated carbocycles. The average molecular weight is 258 g/mol. The lowest BCUT2D eigenvalue weighted by atomic mass is 9.96. The van der Waals surface area contributed by atoms with Gasteiger partial charge >= 0.3 is 0 Å². The summed E-state index contributed by atoms with van der Waals surface area (Å²) in [4.78, 5) is 0. The summed E-state index contributed by atoms with van der Waals surface area (Å²) in [5, 5.41) is 12.6. The highest BCUT2D eigenvalue weighted by atomic mass is 16.5. The van der Waals surface area contributed by atoms with Gasteiger partial charge in [-0.1, -0.05) is 17.7 Å². The van der Waals surface area contributed by atoms with Crippen LogP contribution in [-0.2, 0) is 0 Å². The highest BCUT2D eigenvalue weighted by molar-refractivity contribution is 5.43. The highest BCUT2D eigenvalue weighted by Crippen LogP contribution is 2.40. The normalized spacial score (nSPS) is 17.6. The van der Waals surface area contributed by atoms with Crippen LogP contribution in [0, 0.1) is 38.0 Å². The first-order valence-electron chi connectivity index (χ1n) is 6.83. The maximum absolute atomic E-state index is 9.46. The number of nitrogens with zero attached hydrogens (tertiary/aromatic N) is 1. The van der Waals surface area contributed by atoms with E-state index in [4.69, 9.17) is 4.74 Å². The topological polar surface area (TPSA) is 45.0 Å². The van der Waals surface area contributed by atoms with E-state index >= 15 is 0 Å². The van der Waals surface area contributed by atoms with Gasteiger partial charge in [0.2, 0.25) is 0 Å². The van der Waals surface area contributed by atoms with Gasteiger partial charge in [-0.15, -0.1) is 0 Å². The van der Waals surface area contributed by atoms with Crippen molar-refractivity contribution in [2.24, 2.45) is 5.92 Å². The molecule has 0 bridgehead atoms. The molecule has 3 nitrogen and oxygen atoms in total. The van der Waals surface area contributed by atoms with Crippen LogP contribution in [0.5, 0.6) is 5.75 Å². The molecule has 1 unspecified atom stereocenters. The number of aryl methyl sites for hydroxylation is 3. The Morgan fingerprint density at radius 3 is 2.32 bits per heavy atom. The molecule has 1 aromatic carbocycles. The van der Waals surface area contributed by atoms with Gasteiger partial charge in [-0.3, -0.25) is 5.32 Å². The SMILES string of the molecule is CNC(C#N)(COc1c(C)cc(C)cc1C)C1CC1. The maximum Gasteiger partial charge on any atom is 0.143 e. The largest absolute Gasteiger partial charge is 0.490 e. The summed E-state index contributed by atoms with van der Waals surface area (Å²) in [6.07, 6.45) is 2.23. The van der Waals surface area contributed by atoms with Crippen LogP contribution in [0.25, 0.3) is 0 Å². The van der Waals surface area contributed by atoms with Gasteiger partial charge in [0.05, 0.1) is 6.07 Å². The Morgan fingerprint density at radius 1 is 1.32 bits per heavy atom. The third-order valence-electron chi connectivity index (χ3n) is 3.97. The van der Waals surface area contributed by atoms with Crippen molar-refractivity contribution in [1.82, 2.24) is 5.32 Å². The molecule has 1 fully saturated rings. The fourth-order valence-corrected chi connectivity index (χ4v) is 2.73. The molecule has 3 heteroatoms. The first kappa shape index (κ1) is 13.9. The van der Waals surface area contributed by atoms with Crippen LogP contribution in [0.3, 0.4) is 0 Å². The van der Waals surface area contributed by atoms with Gasteiger partial charge in [0, 0.05) is 0 Å². The summed E-state index contributed by atoms with van der Waals surface area (Å²) in [5.41, 5.74) is 2.97. The molecule has 2 rings (SSSR count). The Hall–Kier alpha value is -1.53. The minimum absolute atomic E-state index is 0.412. The van der Waals surface area contributed by atoms with E-state index in [0.29, 0.717) is 12.5 Å². The van der Waals surface area contributed by atoms with Crippen molar-refractivity contribution in [3.63, 3.8) is 0 Å². The number of ether oxygens (including phenoxy) is 1. The molecule has 1 aliphatic rings. The molecule has 1 N–H and O–H groups in total. The predicted molar refractivity (Wildman–Crippen MR) is 76.3 cm³/mol. The van der Waals surface area contributed by atoms with Crippen molar-refractivity contribution in [2.45, 2.75) is 39.2 Å². The second-order valence-electron chi connectivity index (χ2n) is 5.62. The van der Waals surface area contributed by atoms with E-state index < -0.39 is 5.54 Å². The highest BCUT2D eigenvalue weighted by Gasteiger charge is 2.45. The van der Waals surface area contributed by atoms with E-state index in [2.05, 4.69) is 44.3 Å². The second kappa shape index (κ2) is 5.22. The summed E-state index contributed by atoms with van der Waals surface area (Å²) in [6.45, 7) is 6.61. The Labute approximate surface area is 115 Å². The molecule has 0 amide bonds. The zero-order chi connectivity index (χ0) is 14.0. The van der Waals surface area contributed by atoms with Crippen LogP contribution in [0.4, 0.5) is 0 Å². The third kappa shape index (κ3) is 2.74. The fourth-order valence-electron chi connectivity index (χ4n) is 2.73. The smallest absolute Gasteiger partial charge is 0.143 e. The average Bonchev–Trinajstić information content (AvgIpc) is 3.18. The van der Waals surface area contributed by atoms with E-state index in [1.807, 2.05) is 7.05 Å². The first-order valence-corrected chi connectivity index (χ1v) is 6.83.